The molecule has 2 aliphatic heterocycles. The Balaban J connectivity index is 1.68. The highest BCUT2D eigenvalue weighted by Crippen LogP contribution is 2.45. The first-order valence-electron chi connectivity index (χ1n) is 11.8. The fraction of sp³-hybridized carbons (Fsp3) is 0.429. The van der Waals surface area contributed by atoms with Crippen LogP contribution in [-0.4, -0.2) is 22.7 Å². The number of thioether (sulfide) groups is 1. The lowest BCUT2D eigenvalue weighted by atomic mass is 9.78. The van der Waals surface area contributed by atoms with Crippen LogP contribution in [0.4, 0.5) is 11.4 Å². The zero-order chi connectivity index (χ0) is 24.1. The normalized spacial score (nSPS) is 22.3. The van der Waals surface area contributed by atoms with Crippen LogP contribution in [0.15, 0.2) is 40.2 Å². The number of amides is 1. The number of nitrogens with one attached hydrogen (secondary N) is 1. The number of rotatable bonds is 3. The van der Waals surface area contributed by atoms with E-state index in [0.29, 0.717) is 22.0 Å². The van der Waals surface area contributed by atoms with E-state index < -0.39 is 0 Å². The summed E-state index contributed by atoms with van der Waals surface area (Å²) in [5.41, 5.74) is 8.30. The van der Waals surface area contributed by atoms with Crippen LogP contribution in [0.5, 0.6) is 0 Å². The van der Waals surface area contributed by atoms with Crippen LogP contribution < -0.4 is 10.2 Å². The van der Waals surface area contributed by atoms with E-state index in [1.165, 1.54) is 34.1 Å². The average Bonchev–Trinajstić information content (AvgIpc) is 3.03. The first-order valence-corrected chi connectivity index (χ1v) is 12.6. The van der Waals surface area contributed by atoms with Crippen LogP contribution >= 0.6 is 11.8 Å². The van der Waals surface area contributed by atoms with Crippen LogP contribution in [0.3, 0.4) is 0 Å². The highest BCUT2D eigenvalue weighted by atomic mass is 32.2. The second kappa shape index (κ2) is 8.68. The molecule has 0 spiro atoms. The Hall–Kier alpha value is -2.53. The fourth-order valence-electron chi connectivity index (χ4n) is 5.41. The smallest absolute Gasteiger partial charge is 0.264 e. The summed E-state index contributed by atoms with van der Waals surface area (Å²) >= 11 is 1.41. The highest BCUT2D eigenvalue weighted by molar-refractivity contribution is 8.18. The molecule has 0 aliphatic carbocycles. The molecule has 1 saturated heterocycles. The maximum atomic E-state index is 12.7. The molecule has 4 nitrogen and oxygen atoms in total. The van der Waals surface area contributed by atoms with E-state index in [4.69, 9.17) is 4.99 Å². The fourth-order valence-corrected chi connectivity index (χ4v) is 6.23. The SMILES string of the molecule is Cc1ccc(N=C2NC(=O)/C(=C/c3cc4c(cc3C)N(C(C)C)C(C)(C)C[C@@H]4C)S2)c(C)c1. The minimum Gasteiger partial charge on any atom is -0.364 e. The summed E-state index contributed by atoms with van der Waals surface area (Å²) in [6, 6.07) is 11.2. The van der Waals surface area contributed by atoms with Gasteiger partial charge in [-0.1, -0.05) is 24.6 Å². The van der Waals surface area contributed by atoms with Crippen molar-refractivity contribution in [3.05, 3.63) is 63.1 Å². The molecule has 0 saturated carbocycles. The van der Waals surface area contributed by atoms with E-state index in [1.807, 2.05) is 25.1 Å². The number of fused-ring (bicyclic) bond motifs is 1. The van der Waals surface area contributed by atoms with Gasteiger partial charge in [-0.25, -0.2) is 4.99 Å². The molecule has 0 radical (unpaired) electrons. The Bertz CT molecular complexity index is 1180. The Kier molecular flexibility index (Phi) is 6.21. The standard InChI is InChI=1S/C28H35N3OS/c1-16(2)31-24-12-18(4)21(13-22(24)20(6)15-28(31,7)8)14-25-26(32)30-27(33-25)29-23-10-9-17(3)11-19(23)5/h9-14,16,20H,15H2,1-8H3,(H,29,30,32)/b25-14-/t20-/m0/s1. The first-order chi connectivity index (χ1) is 15.5. The molecule has 1 atom stereocenters. The van der Waals surface area contributed by atoms with Crippen molar-refractivity contribution in [1.82, 2.24) is 5.32 Å². The van der Waals surface area contributed by atoms with Crippen LogP contribution in [0.25, 0.3) is 6.08 Å². The maximum Gasteiger partial charge on any atom is 0.264 e. The molecule has 0 unspecified atom stereocenters. The molecule has 2 aromatic carbocycles. The molecule has 2 aromatic rings. The second-order valence-corrected chi connectivity index (χ2v) is 11.5. The molecule has 174 valence electrons. The molecule has 33 heavy (non-hydrogen) atoms. The van der Waals surface area contributed by atoms with Gasteiger partial charge in [-0.05, 0) is 119 Å². The van der Waals surface area contributed by atoms with Crippen molar-refractivity contribution < 1.29 is 4.79 Å². The summed E-state index contributed by atoms with van der Waals surface area (Å²) in [5.74, 6) is 0.382. The number of amidine groups is 1. The molecule has 1 amide bonds. The molecular formula is C28H35N3OS. The summed E-state index contributed by atoms with van der Waals surface area (Å²) in [7, 11) is 0. The van der Waals surface area contributed by atoms with Crippen molar-refractivity contribution >= 4 is 40.3 Å². The topological polar surface area (TPSA) is 44.7 Å². The largest absolute Gasteiger partial charge is 0.364 e. The number of hydrogen-bond acceptors (Lipinski definition) is 4. The van der Waals surface area contributed by atoms with Crippen molar-refractivity contribution in [3.8, 4) is 0 Å². The summed E-state index contributed by atoms with van der Waals surface area (Å²) in [5, 5.41) is 3.57. The van der Waals surface area contributed by atoms with Crippen LogP contribution in [-0.2, 0) is 4.79 Å². The predicted octanol–water partition coefficient (Wildman–Crippen LogP) is 7.00. The van der Waals surface area contributed by atoms with Gasteiger partial charge in [0.2, 0.25) is 0 Å². The van der Waals surface area contributed by atoms with E-state index in [1.54, 1.807) is 0 Å². The number of aliphatic imine (C=N–C) groups is 1. The minimum atomic E-state index is -0.0846. The lowest BCUT2D eigenvalue weighted by molar-refractivity contribution is -0.115. The van der Waals surface area contributed by atoms with Gasteiger partial charge in [-0.2, -0.15) is 0 Å². The molecule has 0 bridgehead atoms. The predicted molar refractivity (Wildman–Crippen MR) is 143 cm³/mol. The van der Waals surface area contributed by atoms with Gasteiger partial charge in [0.15, 0.2) is 5.17 Å². The Morgan fingerprint density at radius 2 is 1.88 bits per heavy atom. The molecule has 5 heteroatoms. The van der Waals surface area contributed by atoms with Crippen molar-refractivity contribution in [2.45, 2.75) is 79.3 Å². The summed E-state index contributed by atoms with van der Waals surface area (Å²) in [6.45, 7) is 17.8. The third-order valence-corrected chi connectivity index (χ3v) is 7.60. The van der Waals surface area contributed by atoms with Crippen LogP contribution in [0.2, 0.25) is 0 Å². The molecule has 0 aromatic heterocycles. The lowest BCUT2D eigenvalue weighted by Gasteiger charge is -2.50. The van der Waals surface area contributed by atoms with Crippen molar-refractivity contribution in [3.63, 3.8) is 0 Å². The van der Waals surface area contributed by atoms with Crippen LogP contribution in [0, 0.1) is 20.8 Å². The van der Waals surface area contributed by atoms with Crippen molar-refractivity contribution in [1.29, 1.82) is 0 Å². The van der Waals surface area contributed by atoms with Gasteiger partial charge in [0.1, 0.15) is 0 Å². The number of hydrogen-bond donors (Lipinski definition) is 1. The van der Waals surface area contributed by atoms with E-state index >= 15 is 0 Å². The number of nitrogens with zero attached hydrogens (tertiary/aromatic N) is 2. The molecule has 1 fully saturated rings. The molecular weight excluding hydrogens is 426 g/mol. The van der Waals surface area contributed by atoms with Crippen molar-refractivity contribution in [2.24, 2.45) is 4.99 Å². The average molecular weight is 462 g/mol. The number of aryl methyl sites for hydroxylation is 3. The maximum absolute atomic E-state index is 12.7. The van der Waals surface area contributed by atoms with Gasteiger partial charge in [0.05, 0.1) is 10.6 Å². The van der Waals surface area contributed by atoms with Gasteiger partial charge < -0.3 is 10.2 Å². The quantitative estimate of drug-likeness (QED) is 0.500. The molecule has 1 N–H and O–H groups in total. The number of carbonyl (C=O) groups excluding carboxylic acids is 1. The van der Waals surface area contributed by atoms with Crippen molar-refractivity contribution in [2.75, 3.05) is 4.90 Å². The van der Waals surface area contributed by atoms with E-state index in [9.17, 15) is 4.79 Å². The zero-order valence-electron chi connectivity index (χ0n) is 21.0. The third-order valence-electron chi connectivity index (χ3n) is 6.69. The van der Waals surface area contributed by atoms with Gasteiger partial charge in [0, 0.05) is 17.3 Å². The Morgan fingerprint density at radius 1 is 1.15 bits per heavy atom. The monoisotopic (exact) mass is 461 g/mol. The number of benzene rings is 2. The zero-order valence-corrected chi connectivity index (χ0v) is 21.9. The lowest BCUT2D eigenvalue weighted by Crippen LogP contribution is -2.51. The summed E-state index contributed by atoms with van der Waals surface area (Å²) in [6.07, 6.45) is 3.13. The van der Waals surface area contributed by atoms with E-state index in [-0.39, 0.29) is 11.4 Å². The Labute approximate surface area is 202 Å². The molecule has 4 rings (SSSR count). The third kappa shape index (κ3) is 4.61. The second-order valence-electron chi connectivity index (χ2n) is 10.4. The highest BCUT2D eigenvalue weighted by Gasteiger charge is 2.38. The Morgan fingerprint density at radius 3 is 2.55 bits per heavy atom. The van der Waals surface area contributed by atoms with Gasteiger partial charge in [-0.15, -0.1) is 0 Å². The van der Waals surface area contributed by atoms with E-state index in [0.717, 1.165) is 23.2 Å². The van der Waals surface area contributed by atoms with Gasteiger partial charge in [-0.3, -0.25) is 4.79 Å². The first kappa shape index (κ1) is 23.6. The van der Waals surface area contributed by atoms with Gasteiger partial charge in [0.25, 0.3) is 5.91 Å². The van der Waals surface area contributed by atoms with Crippen LogP contribution in [0.1, 0.15) is 74.8 Å². The summed E-state index contributed by atoms with van der Waals surface area (Å²) < 4.78 is 0. The minimum absolute atomic E-state index is 0.0846. The number of carbonyl (C=O) groups is 1. The van der Waals surface area contributed by atoms with Gasteiger partial charge >= 0.3 is 0 Å². The molecule has 2 heterocycles. The molecule has 2 aliphatic rings. The summed E-state index contributed by atoms with van der Waals surface area (Å²) in [4.78, 5) is 20.7. The number of anilines is 1. The van der Waals surface area contributed by atoms with E-state index in [2.05, 4.69) is 76.9 Å².